The molecule has 0 atom stereocenters. The van der Waals surface area contributed by atoms with Crippen LogP contribution in [-0.2, 0) is 22.8 Å². The number of carbonyl (C=O) groups is 2. The summed E-state index contributed by atoms with van der Waals surface area (Å²) in [5.74, 6) is -1.67. The molecule has 2 aromatic rings. The highest BCUT2D eigenvalue weighted by Gasteiger charge is 2.27. The third-order valence-corrected chi connectivity index (χ3v) is 2.59. The molecule has 0 radical (unpaired) electrons. The van der Waals surface area contributed by atoms with Crippen molar-refractivity contribution >= 4 is 17.6 Å². The molecule has 2 aromatic heterocycles. The van der Waals surface area contributed by atoms with Crippen LogP contribution in [0.25, 0.3) is 0 Å². The predicted octanol–water partition coefficient (Wildman–Crippen LogP) is 0.953. The number of amides is 1. The second kappa shape index (κ2) is 7.12. The highest BCUT2D eigenvalue weighted by Crippen LogP contribution is 2.15. The lowest BCUT2D eigenvalue weighted by atomic mass is 10.4. The quantitative estimate of drug-likeness (QED) is 0.771. The van der Waals surface area contributed by atoms with Gasteiger partial charge in [-0.05, 0) is 0 Å². The van der Waals surface area contributed by atoms with Crippen molar-refractivity contribution in [1.82, 2.24) is 19.6 Å². The van der Waals surface area contributed by atoms with Gasteiger partial charge in [0.1, 0.15) is 19.9 Å². The molecule has 2 rings (SSSR count). The molecule has 0 aliphatic carbocycles. The Morgan fingerprint density at radius 1 is 1.21 bits per heavy atom. The second-order valence-electron chi connectivity index (χ2n) is 4.64. The van der Waals surface area contributed by atoms with E-state index >= 15 is 0 Å². The van der Waals surface area contributed by atoms with Crippen molar-refractivity contribution in [2.24, 2.45) is 0 Å². The van der Waals surface area contributed by atoms with E-state index < -0.39 is 31.4 Å². The normalized spacial score (nSPS) is 11.5. The van der Waals surface area contributed by atoms with Crippen LogP contribution in [0.3, 0.4) is 0 Å². The first-order valence-corrected chi connectivity index (χ1v) is 6.45. The third kappa shape index (κ3) is 5.39. The van der Waals surface area contributed by atoms with Crippen LogP contribution in [0.4, 0.5) is 18.9 Å². The van der Waals surface area contributed by atoms with E-state index in [4.69, 9.17) is 5.11 Å². The van der Waals surface area contributed by atoms with Gasteiger partial charge in [0.25, 0.3) is 0 Å². The molecule has 0 saturated heterocycles. The molecule has 2 N–H and O–H groups in total. The van der Waals surface area contributed by atoms with Crippen LogP contribution < -0.4 is 5.32 Å². The minimum atomic E-state index is -4.43. The fraction of sp³-hybridized carbons (Fsp3) is 0.333. The standard InChI is InChI=1S/C12H12F3N5O4/c13-12(14,15)6-24-7-20-4-9(2-17-20)18-10(21)5-19-3-8(1-16-19)11(22)23/h1-4H,5-7H2,(H,18,21)(H,22,23). The van der Waals surface area contributed by atoms with E-state index in [2.05, 4.69) is 20.3 Å². The summed E-state index contributed by atoms with van der Waals surface area (Å²) in [7, 11) is 0. The Morgan fingerprint density at radius 3 is 2.54 bits per heavy atom. The van der Waals surface area contributed by atoms with Crippen molar-refractivity contribution in [3.05, 3.63) is 30.4 Å². The fourth-order valence-electron chi connectivity index (χ4n) is 1.66. The van der Waals surface area contributed by atoms with Crippen molar-refractivity contribution in [2.75, 3.05) is 11.9 Å². The van der Waals surface area contributed by atoms with Gasteiger partial charge >= 0.3 is 12.1 Å². The average Bonchev–Trinajstić information content (AvgIpc) is 3.07. The number of anilines is 1. The molecule has 0 fully saturated rings. The largest absolute Gasteiger partial charge is 0.478 e. The molecular weight excluding hydrogens is 335 g/mol. The molecule has 0 bridgehead atoms. The van der Waals surface area contributed by atoms with E-state index in [0.717, 1.165) is 15.6 Å². The number of nitrogens with zero attached hydrogens (tertiary/aromatic N) is 4. The summed E-state index contributed by atoms with van der Waals surface area (Å²) < 4.78 is 42.4. The van der Waals surface area contributed by atoms with Crippen molar-refractivity contribution in [3.8, 4) is 0 Å². The van der Waals surface area contributed by atoms with Gasteiger partial charge in [0.05, 0.1) is 29.8 Å². The zero-order valence-electron chi connectivity index (χ0n) is 12.0. The first-order chi connectivity index (χ1) is 11.2. The maximum Gasteiger partial charge on any atom is 0.411 e. The average molecular weight is 347 g/mol. The van der Waals surface area contributed by atoms with Gasteiger partial charge < -0.3 is 15.2 Å². The third-order valence-electron chi connectivity index (χ3n) is 2.59. The van der Waals surface area contributed by atoms with Crippen LogP contribution >= 0.6 is 0 Å². The molecule has 0 aliphatic heterocycles. The molecule has 0 aliphatic rings. The van der Waals surface area contributed by atoms with E-state index in [1.807, 2.05) is 0 Å². The molecule has 0 unspecified atom stereocenters. The van der Waals surface area contributed by atoms with Gasteiger partial charge in [-0.15, -0.1) is 0 Å². The number of carboxylic acids is 1. The van der Waals surface area contributed by atoms with Gasteiger partial charge in [-0.25, -0.2) is 9.48 Å². The van der Waals surface area contributed by atoms with Gasteiger partial charge in [-0.1, -0.05) is 0 Å². The van der Waals surface area contributed by atoms with Crippen LogP contribution in [0, 0.1) is 0 Å². The highest BCUT2D eigenvalue weighted by molar-refractivity contribution is 5.90. The number of carboxylic acid groups (broad SMARTS) is 1. The predicted molar refractivity (Wildman–Crippen MR) is 72.0 cm³/mol. The van der Waals surface area contributed by atoms with Crippen LogP contribution in [0.1, 0.15) is 10.4 Å². The lowest BCUT2D eigenvalue weighted by Crippen LogP contribution is -2.19. The van der Waals surface area contributed by atoms with Gasteiger partial charge in [0.2, 0.25) is 5.91 Å². The molecular formula is C12H12F3N5O4. The summed E-state index contributed by atoms with van der Waals surface area (Å²) in [6, 6.07) is 0. The van der Waals surface area contributed by atoms with E-state index in [0.29, 0.717) is 0 Å². The van der Waals surface area contributed by atoms with Crippen molar-refractivity contribution in [1.29, 1.82) is 0 Å². The summed E-state index contributed by atoms with van der Waals surface area (Å²) in [6.45, 7) is -2.06. The van der Waals surface area contributed by atoms with Crippen molar-refractivity contribution < 1.29 is 32.6 Å². The molecule has 1 amide bonds. The number of aromatic nitrogens is 4. The maximum absolute atomic E-state index is 11.9. The van der Waals surface area contributed by atoms with Crippen LogP contribution in [0.2, 0.25) is 0 Å². The Morgan fingerprint density at radius 2 is 1.92 bits per heavy atom. The zero-order chi connectivity index (χ0) is 17.7. The van der Waals surface area contributed by atoms with Crippen LogP contribution in [0.15, 0.2) is 24.8 Å². The minimum Gasteiger partial charge on any atom is -0.478 e. The molecule has 130 valence electrons. The summed E-state index contributed by atoms with van der Waals surface area (Å²) in [5.41, 5.74) is 0.193. The number of hydrogen-bond acceptors (Lipinski definition) is 5. The lowest BCUT2D eigenvalue weighted by Gasteiger charge is -2.07. The topological polar surface area (TPSA) is 111 Å². The number of ether oxygens (including phenoxy) is 1. The lowest BCUT2D eigenvalue weighted by molar-refractivity contribution is -0.182. The zero-order valence-corrected chi connectivity index (χ0v) is 12.0. The fourth-order valence-corrected chi connectivity index (χ4v) is 1.66. The van der Waals surface area contributed by atoms with E-state index in [9.17, 15) is 22.8 Å². The molecule has 0 saturated carbocycles. The smallest absolute Gasteiger partial charge is 0.411 e. The molecule has 0 aromatic carbocycles. The molecule has 12 heteroatoms. The SMILES string of the molecule is O=C(Cn1cc(C(=O)O)cn1)Nc1cnn(COCC(F)(F)F)c1. The first kappa shape index (κ1) is 17.5. The number of hydrogen-bond donors (Lipinski definition) is 2. The minimum absolute atomic E-state index is 0.0579. The first-order valence-electron chi connectivity index (χ1n) is 6.45. The van der Waals surface area contributed by atoms with Crippen molar-refractivity contribution in [2.45, 2.75) is 19.5 Å². The van der Waals surface area contributed by atoms with Crippen LogP contribution in [-0.4, -0.2) is 49.3 Å². The number of nitrogens with one attached hydrogen (secondary N) is 1. The Hall–Kier alpha value is -2.89. The van der Waals surface area contributed by atoms with Gasteiger partial charge in [-0.2, -0.15) is 23.4 Å². The van der Waals surface area contributed by atoms with E-state index in [1.54, 1.807) is 0 Å². The monoisotopic (exact) mass is 347 g/mol. The molecule has 9 nitrogen and oxygen atoms in total. The van der Waals surface area contributed by atoms with Crippen LogP contribution in [0.5, 0.6) is 0 Å². The maximum atomic E-state index is 11.9. The summed E-state index contributed by atoms with van der Waals surface area (Å²) in [5, 5.41) is 18.6. The summed E-state index contributed by atoms with van der Waals surface area (Å²) >= 11 is 0. The number of alkyl halides is 3. The van der Waals surface area contributed by atoms with Gasteiger partial charge in [0, 0.05) is 6.20 Å². The number of aromatic carboxylic acids is 1. The Bertz CT molecular complexity index is 724. The molecule has 0 spiro atoms. The summed E-state index contributed by atoms with van der Waals surface area (Å²) in [6.07, 6.45) is 0.394. The van der Waals surface area contributed by atoms with Gasteiger partial charge in [0.15, 0.2) is 0 Å². The van der Waals surface area contributed by atoms with Gasteiger partial charge in [-0.3, -0.25) is 9.48 Å². The number of carbonyl (C=O) groups excluding carboxylic acids is 1. The summed E-state index contributed by atoms with van der Waals surface area (Å²) in [4.78, 5) is 22.5. The molecule has 24 heavy (non-hydrogen) atoms. The Balaban J connectivity index is 1.82. The second-order valence-corrected chi connectivity index (χ2v) is 4.64. The Labute approximate surface area is 132 Å². The highest BCUT2D eigenvalue weighted by atomic mass is 19.4. The van der Waals surface area contributed by atoms with E-state index in [-0.39, 0.29) is 17.8 Å². The number of halogens is 3. The number of rotatable bonds is 7. The molecule has 2 heterocycles. The van der Waals surface area contributed by atoms with Crippen molar-refractivity contribution in [3.63, 3.8) is 0 Å². The Kier molecular flexibility index (Phi) is 5.18. The van der Waals surface area contributed by atoms with E-state index in [1.165, 1.54) is 18.6 Å².